The van der Waals surface area contributed by atoms with Gasteiger partial charge in [0, 0.05) is 19.0 Å². The number of amides is 1. The molecule has 1 heterocycles. The number of rotatable bonds is 6. The number of carbonyl (C=O) groups excluding carboxylic acids is 1. The molecule has 2 unspecified atom stereocenters. The lowest BCUT2D eigenvalue weighted by Crippen LogP contribution is -2.37. The van der Waals surface area contributed by atoms with Crippen LogP contribution in [0.25, 0.3) is 0 Å². The van der Waals surface area contributed by atoms with Crippen molar-refractivity contribution >= 4 is 30.7 Å². The quantitative estimate of drug-likeness (QED) is 0.830. The molecule has 1 aromatic rings. The average Bonchev–Trinajstić information content (AvgIpc) is 2.92. The van der Waals surface area contributed by atoms with Gasteiger partial charge < -0.3 is 15.5 Å². The fourth-order valence-electron chi connectivity index (χ4n) is 2.71. The van der Waals surface area contributed by atoms with Gasteiger partial charge in [-0.25, -0.2) is 0 Å². The monoisotopic (exact) mass is 347 g/mol. The number of hydrogen-bond donors (Lipinski definition) is 2. The van der Waals surface area contributed by atoms with Gasteiger partial charge >= 0.3 is 0 Å². The Hall–Kier alpha value is -0.810. The maximum absolute atomic E-state index is 12.0. The molecule has 0 saturated carbocycles. The van der Waals surface area contributed by atoms with Crippen molar-refractivity contribution in [2.75, 3.05) is 27.2 Å². The van der Waals surface area contributed by atoms with E-state index in [-0.39, 0.29) is 36.8 Å². The summed E-state index contributed by atoms with van der Waals surface area (Å²) in [5.41, 5.74) is 1.23. The molecule has 1 fully saturated rings. The Kier molecular flexibility index (Phi) is 10.4. The summed E-state index contributed by atoms with van der Waals surface area (Å²) >= 11 is 0. The lowest BCUT2D eigenvalue weighted by atomic mass is 10.1. The minimum absolute atomic E-state index is 0. The molecule has 1 amide bonds. The van der Waals surface area contributed by atoms with E-state index in [2.05, 4.69) is 27.7 Å². The first kappa shape index (κ1) is 21.2. The van der Waals surface area contributed by atoms with E-state index in [1.807, 2.05) is 32.3 Å². The molecule has 2 atom stereocenters. The molecule has 1 aromatic carbocycles. The van der Waals surface area contributed by atoms with Crippen molar-refractivity contribution in [3.05, 3.63) is 35.9 Å². The largest absolute Gasteiger partial charge is 0.354 e. The van der Waals surface area contributed by atoms with Crippen LogP contribution in [-0.4, -0.2) is 44.0 Å². The first-order valence-corrected chi connectivity index (χ1v) is 7.38. The first-order valence-electron chi connectivity index (χ1n) is 7.38. The molecule has 4 nitrogen and oxygen atoms in total. The van der Waals surface area contributed by atoms with Crippen LogP contribution < -0.4 is 10.6 Å². The molecule has 0 radical (unpaired) electrons. The Morgan fingerprint density at radius 2 is 2.00 bits per heavy atom. The molecule has 0 aliphatic carbocycles. The van der Waals surface area contributed by atoms with Crippen LogP contribution in [0.3, 0.4) is 0 Å². The van der Waals surface area contributed by atoms with Crippen molar-refractivity contribution in [2.24, 2.45) is 0 Å². The van der Waals surface area contributed by atoms with Gasteiger partial charge in [-0.1, -0.05) is 30.3 Å². The summed E-state index contributed by atoms with van der Waals surface area (Å²) in [5.74, 6) is 0.146. The standard InChI is InChI=1S/C16H25N3O.2ClH/c1-19(2)15(13-7-4-3-5-8-13)12-18-16(20)11-14-9-6-10-17-14;;/h3-5,7-8,14-15,17H,6,9-12H2,1-2H3,(H,18,20);2*1H. The van der Waals surface area contributed by atoms with Crippen LogP contribution in [0.1, 0.15) is 30.9 Å². The summed E-state index contributed by atoms with van der Waals surface area (Å²) in [6.45, 7) is 1.70. The lowest BCUT2D eigenvalue weighted by molar-refractivity contribution is -0.121. The molecule has 126 valence electrons. The predicted octanol–water partition coefficient (Wildman–Crippen LogP) is 2.39. The van der Waals surface area contributed by atoms with Gasteiger partial charge in [0.25, 0.3) is 0 Å². The number of carbonyl (C=O) groups is 1. The molecule has 22 heavy (non-hydrogen) atoms. The average molecular weight is 348 g/mol. The summed E-state index contributed by atoms with van der Waals surface area (Å²) in [6.07, 6.45) is 2.89. The van der Waals surface area contributed by atoms with Crippen LogP contribution in [0.15, 0.2) is 30.3 Å². The van der Waals surface area contributed by atoms with E-state index < -0.39 is 0 Å². The fourth-order valence-corrected chi connectivity index (χ4v) is 2.71. The number of halogens is 2. The zero-order valence-electron chi connectivity index (χ0n) is 13.2. The number of nitrogens with zero attached hydrogens (tertiary/aromatic N) is 1. The molecule has 0 spiro atoms. The highest BCUT2D eigenvalue weighted by molar-refractivity contribution is 5.85. The second-order valence-corrected chi connectivity index (χ2v) is 5.69. The van der Waals surface area contributed by atoms with Crippen molar-refractivity contribution < 1.29 is 4.79 Å². The minimum atomic E-state index is 0. The Balaban J connectivity index is 0.00000220. The van der Waals surface area contributed by atoms with E-state index in [4.69, 9.17) is 0 Å². The van der Waals surface area contributed by atoms with Gasteiger partial charge in [-0.05, 0) is 39.0 Å². The van der Waals surface area contributed by atoms with Gasteiger partial charge in [0.05, 0.1) is 6.04 Å². The van der Waals surface area contributed by atoms with Crippen LogP contribution in [0.2, 0.25) is 0 Å². The van der Waals surface area contributed by atoms with Crippen LogP contribution in [0.5, 0.6) is 0 Å². The van der Waals surface area contributed by atoms with E-state index in [9.17, 15) is 4.79 Å². The SMILES string of the molecule is CN(C)C(CNC(=O)CC1CCCN1)c1ccccc1.Cl.Cl. The molecular weight excluding hydrogens is 321 g/mol. The summed E-state index contributed by atoms with van der Waals surface area (Å²) in [6, 6.07) is 10.9. The van der Waals surface area contributed by atoms with Gasteiger partial charge in [0.2, 0.25) is 5.91 Å². The zero-order valence-corrected chi connectivity index (χ0v) is 14.9. The number of nitrogens with one attached hydrogen (secondary N) is 2. The van der Waals surface area contributed by atoms with E-state index >= 15 is 0 Å². The fraction of sp³-hybridized carbons (Fsp3) is 0.562. The summed E-state index contributed by atoms with van der Waals surface area (Å²) in [7, 11) is 4.09. The normalized spacial score (nSPS) is 18.2. The highest BCUT2D eigenvalue weighted by Crippen LogP contribution is 2.17. The van der Waals surface area contributed by atoms with Crippen LogP contribution >= 0.6 is 24.8 Å². The highest BCUT2D eigenvalue weighted by atomic mass is 35.5. The lowest BCUT2D eigenvalue weighted by Gasteiger charge is -2.25. The van der Waals surface area contributed by atoms with Gasteiger partial charge in [-0.15, -0.1) is 24.8 Å². The molecule has 2 rings (SSSR count). The van der Waals surface area contributed by atoms with E-state index in [0.717, 1.165) is 13.0 Å². The van der Waals surface area contributed by atoms with Gasteiger partial charge in [-0.2, -0.15) is 0 Å². The third kappa shape index (κ3) is 6.53. The molecule has 0 aromatic heterocycles. The molecule has 6 heteroatoms. The zero-order chi connectivity index (χ0) is 14.4. The summed E-state index contributed by atoms with van der Waals surface area (Å²) in [4.78, 5) is 14.1. The van der Waals surface area contributed by atoms with Crippen molar-refractivity contribution in [3.8, 4) is 0 Å². The van der Waals surface area contributed by atoms with E-state index in [0.29, 0.717) is 19.0 Å². The van der Waals surface area contributed by atoms with Gasteiger partial charge in [0.15, 0.2) is 0 Å². The third-order valence-corrected chi connectivity index (χ3v) is 3.89. The maximum atomic E-state index is 12.0. The third-order valence-electron chi connectivity index (χ3n) is 3.89. The molecule has 2 N–H and O–H groups in total. The second-order valence-electron chi connectivity index (χ2n) is 5.69. The van der Waals surface area contributed by atoms with Crippen molar-refractivity contribution in [2.45, 2.75) is 31.3 Å². The predicted molar refractivity (Wildman–Crippen MR) is 96.0 cm³/mol. The Morgan fingerprint density at radius 1 is 1.32 bits per heavy atom. The second kappa shape index (κ2) is 10.8. The number of benzene rings is 1. The number of hydrogen-bond acceptors (Lipinski definition) is 3. The van der Waals surface area contributed by atoms with Crippen molar-refractivity contribution in [3.63, 3.8) is 0 Å². The summed E-state index contributed by atoms with van der Waals surface area (Å²) in [5, 5.41) is 6.43. The highest BCUT2D eigenvalue weighted by Gasteiger charge is 2.19. The smallest absolute Gasteiger partial charge is 0.221 e. The number of likely N-dealkylation sites (N-methyl/N-ethyl adjacent to an activating group) is 1. The Bertz CT molecular complexity index is 423. The molecule has 0 bridgehead atoms. The molecular formula is C16H27Cl2N3O. The van der Waals surface area contributed by atoms with Gasteiger partial charge in [0.1, 0.15) is 0 Å². The minimum Gasteiger partial charge on any atom is -0.354 e. The summed E-state index contributed by atoms with van der Waals surface area (Å²) < 4.78 is 0. The van der Waals surface area contributed by atoms with Gasteiger partial charge in [-0.3, -0.25) is 4.79 Å². The molecule has 1 aliphatic heterocycles. The van der Waals surface area contributed by atoms with Crippen LogP contribution in [0, 0.1) is 0 Å². The first-order chi connectivity index (χ1) is 9.66. The topological polar surface area (TPSA) is 44.4 Å². The Labute approximate surface area is 145 Å². The van der Waals surface area contributed by atoms with Crippen LogP contribution in [-0.2, 0) is 4.79 Å². The van der Waals surface area contributed by atoms with E-state index in [1.54, 1.807) is 0 Å². The van der Waals surface area contributed by atoms with E-state index in [1.165, 1.54) is 12.0 Å². The van der Waals surface area contributed by atoms with Crippen molar-refractivity contribution in [1.82, 2.24) is 15.5 Å². The molecule has 1 aliphatic rings. The molecule has 1 saturated heterocycles. The Morgan fingerprint density at radius 3 is 2.55 bits per heavy atom. The van der Waals surface area contributed by atoms with Crippen LogP contribution in [0.4, 0.5) is 0 Å². The van der Waals surface area contributed by atoms with Crippen molar-refractivity contribution in [1.29, 1.82) is 0 Å². The maximum Gasteiger partial charge on any atom is 0.221 e.